The van der Waals surface area contributed by atoms with Crippen LogP contribution >= 0.6 is 0 Å². The Morgan fingerprint density at radius 1 is 1.07 bits per heavy atom. The minimum atomic E-state index is -1.35. The Bertz CT molecular complexity index is 1640. The predicted molar refractivity (Wildman–Crippen MR) is 165 cm³/mol. The third-order valence-corrected chi connectivity index (χ3v) is 9.40. The van der Waals surface area contributed by atoms with Gasteiger partial charge in [-0.15, -0.1) is 4.31 Å². The Morgan fingerprint density at radius 3 is 2.63 bits per heavy atom. The first kappa shape index (κ1) is 29.1. The molecule has 2 aromatic heterocycles. The van der Waals surface area contributed by atoms with Crippen molar-refractivity contribution in [3.05, 3.63) is 95.4 Å². The van der Waals surface area contributed by atoms with Gasteiger partial charge in [-0.05, 0) is 74.2 Å². The van der Waals surface area contributed by atoms with Crippen molar-refractivity contribution in [2.24, 2.45) is 0 Å². The zero-order chi connectivity index (χ0) is 30.1. The Labute approximate surface area is 254 Å². The second-order valence-corrected chi connectivity index (χ2v) is 13.8. The molecule has 2 aromatic carbocycles. The van der Waals surface area contributed by atoms with Crippen molar-refractivity contribution >= 4 is 17.3 Å². The van der Waals surface area contributed by atoms with Gasteiger partial charge in [0.25, 0.3) is 5.91 Å². The molecule has 4 heterocycles. The zero-order valence-corrected chi connectivity index (χ0v) is 25.2. The van der Waals surface area contributed by atoms with E-state index in [0.717, 1.165) is 33.4 Å². The number of aliphatic hydroxyl groups excluding tert-OH is 1. The summed E-state index contributed by atoms with van der Waals surface area (Å²) in [4.78, 5) is 22.7. The number of hydrogen-bond donors (Lipinski definition) is 2. The molecule has 0 saturated carbocycles. The highest BCUT2D eigenvalue weighted by atomic mass is 32.2. The predicted octanol–water partition coefficient (Wildman–Crippen LogP) is 5.17. The molecule has 0 radical (unpaired) electrons. The number of carbonyl (C=O) groups excluding carboxylic acids is 1. The topological polar surface area (TPSA) is 120 Å². The van der Waals surface area contributed by atoms with Gasteiger partial charge in [-0.2, -0.15) is 0 Å². The summed E-state index contributed by atoms with van der Waals surface area (Å²) in [5, 5.41) is 13.0. The molecule has 9 nitrogen and oxygen atoms in total. The van der Waals surface area contributed by atoms with Gasteiger partial charge in [0, 0.05) is 53.6 Å². The summed E-state index contributed by atoms with van der Waals surface area (Å²) in [6.07, 6.45) is 3.93. The number of hydrogen-bond acceptors (Lipinski definition) is 8. The minimum Gasteiger partial charge on any atom is -0.597 e. The molecule has 2 aliphatic rings. The summed E-state index contributed by atoms with van der Waals surface area (Å²) in [6.45, 7) is 6.59. The molecule has 1 unspecified atom stereocenters. The lowest BCUT2D eigenvalue weighted by Gasteiger charge is -2.33. The van der Waals surface area contributed by atoms with Gasteiger partial charge in [0.05, 0.1) is 18.3 Å². The number of amides is 1. The van der Waals surface area contributed by atoms with E-state index in [1.54, 1.807) is 18.5 Å². The van der Waals surface area contributed by atoms with Crippen LogP contribution in [-0.2, 0) is 24.5 Å². The first-order valence-electron chi connectivity index (χ1n) is 14.2. The van der Waals surface area contributed by atoms with Gasteiger partial charge >= 0.3 is 0 Å². The fourth-order valence-corrected chi connectivity index (χ4v) is 6.91. The molecule has 2 aliphatic heterocycles. The third kappa shape index (κ3) is 5.96. The van der Waals surface area contributed by atoms with Crippen LogP contribution < -0.4 is 14.8 Å². The van der Waals surface area contributed by atoms with Crippen LogP contribution in [0.4, 0.5) is 0 Å². The molecule has 222 valence electrons. The van der Waals surface area contributed by atoms with Gasteiger partial charge in [-0.25, -0.2) is 4.98 Å². The number of ether oxygens (including phenoxy) is 2. The van der Waals surface area contributed by atoms with E-state index < -0.39 is 16.1 Å². The van der Waals surface area contributed by atoms with Crippen LogP contribution in [0.1, 0.15) is 60.4 Å². The number of rotatable bonds is 8. The molecule has 0 fully saturated rings. The van der Waals surface area contributed by atoms with Crippen LogP contribution in [0.15, 0.2) is 73.1 Å². The van der Waals surface area contributed by atoms with E-state index in [1.807, 2.05) is 79.7 Å². The number of pyridine rings is 2. The number of aromatic nitrogens is 2. The number of aliphatic hydroxyl groups is 1. The molecule has 10 heteroatoms. The lowest BCUT2D eigenvalue weighted by Crippen LogP contribution is -2.42. The maximum absolute atomic E-state index is 13.7. The summed E-state index contributed by atoms with van der Waals surface area (Å²) in [7, 11) is 0. The van der Waals surface area contributed by atoms with Gasteiger partial charge in [0.15, 0.2) is 11.5 Å². The normalized spacial score (nSPS) is 16.6. The van der Waals surface area contributed by atoms with Gasteiger partial charge in [-0.1, -0.05) is 30.3 Å². The maximum atomic E-state index is 13.7. The lowest BCUT2D eigenvalue weighted by molar-refractivity contribution is 0.0945. The van der Waals surface area contributed by atoms with Gasteiger partial charge in [-0.3, -0.25) is 9.78 Å². The van der Waals surface area contributed by atoms with Crippen LogP contribution in [-0.4, -0.2) is 48.0 Å². The van der Waals surface area contributed by atoms with Crippen molar-refractivity contribution in [3.8, 4) is 33.9 Å². The summed E-state index contributed by atoms with van der Waals surface area (Å²) in [5.41, 5.74) is 6.30. The largest absolute Gasteiger partial charge is 0.597 e. The highest BCUT2D eigenvalue weighted by Crippen LogP contribution is 2.45. The van der Waals surface area contributed by atoms with Crippen LogP contribution in [0.3, 0.4) is 0 Å². The average molecular weight is 599 g/mol. The quantitative estimate of drug-likeness (QED) is 0.267. The van der Waals surface area contributed by atoms with Crippen molar-refractivity contribution in [2.75, 3.05) is 13.4 Å². The van der Waals surface area contributed by atoms with E-state index in [9.17, 15) is 14.5 Å². The van der Waals surface area contributed by atoms with Crippen molar-refractivity contribution < 1.29 is 23.9 Å². The standard InChI is InChI=1S/C33H34N4O5S/c1-33(2,3)43(40)37-19-25-16-26(32(39)35-17-21-9-10-28-29(14-21)42-20-41-28)36-31(30(25)27(37)11-13-38)23-7-4-6-22(15-23)24-8-5-12-34-18-24/h4-10,12,14-16,18,27,38H,11,13,17,19-20H2,1-3H3,(H,35,39)/t27?,43-/m1/s1. The Morgan fingerprint density at radius 2 is 1.86 bits per heavy atom. The molecule has 0 saturated heterocycles. The van der Waals surface area contributed by atoms with E-state index >= 15 is 0 Å². The lowest BCUT2D eigenvalue weighted by atomic mass is 9.94. The van der Waals surface area contributed by atoms with Crippen molar-refractivity contribution in [1.82, 2.24) is 19.6 Å². The molecule has 2 atom stereocenters. The van der Waals surface area contributed by atoms with Crippen LogP contribution in [0.25, 0.3) is 22.4 Å². The minimum absolute atomic E-state index is 0.0745. The molecule has 4 aromatic rings. The highest BCUT2D eigenvalue weighted by molar-refractivity contribution is 7.90. The highest BCUT2D eigenvalue weighted by Gasteiger charge is 2.45. The molecule has 43 heavy (non-hydrogen) atoms. The van der Waals surface area contributed by atoms with E-state index in [-0.39, 0.29) is 37.6 Å². The van der Waals surface area contributed by atoms with Crippen molar-refractivity contribution in [1.29, 1.82) is 0 Å². The van der Waals surface area contributed by atoms with Crippen LogP contribution in [0.5, 0.6) is 11.5 Å². The monoisotopic (exact) mass is 598 g/mol. The zero-order valence-electron chi connectivity index (χ0n) is 24.4. The Balaban J connectivity index is 1.40. The average Bonchev–Trinajstić information content (AvgIpc) is 3.63. The second kappa shape index (κ2) is 12.0. The molecular weight excluding hydrogens is 564 g/mol. The van der Waals surface area contributed by atoms with E-state index in [4.69, 9.17) is 14.5 Å². The molecule has 0 aliphatic carbocycles. The van der Waals surface area contributed by atoms with Gasteiger partial charge in [0.1, 0.15) is 10.4 Å². The molecule has 2 N–H and O–H groups in total. The van der Waals surface area contributed by atoms with E-state index in [1.165, 1.54) is 0 Å². The van der Waals surface area contributed by atoms with Crippen LogP contribution in [0, 0.1) is 0 Å². The second-order valence-electron chi connectivity index (χ2n) is 11.6. The Kier molecular flexibility index (Phi) is 8.11. The molecule has 0 spiro atoms. The Hall–Kier alpha value is -3.96. The summed E-state index contributed by atoms with van der Waals surface area (Å²) in [6, 6.07) is 18.9. The number of carbonyl (C=O) groups is 1. The number of benzene rings is 2. The van der Waals surface area contributed by atoms with E-state index in [0.29, 0.717) is 30.2 Å². The van der Waals surface area contributed by atoms with E-state index in [2.05, 4.69) is 10.3 Å². The van der Waals surface area contributed by atoms with Crippen LogP contribution in [0.2, 0.25) is 0 Å². The maximum Gasteiger partial charge on any atom is 0.270 e. The SMILES string of the molecule is CC(C)(C)[S@@+]([O-])N1Cc2cc(C(=O)NCc3ccc4c(c3)OCO4)nc(-c3cccc(-c4cccnc4)c3)c2C1CCO. The first-order chi connectivity index (χ1) is 20.7. The van der Waals surface area contributed by atoms with Crippen molar-refractivity contribution in [2.45, 2.75) is 51.1 Å². The third-order valence-electron chi connectivity index (χ3n) is 7.54. The number of nitrogens with one attached hydrogen (secondary N) is 1. The summed E-state index contributed by atoms with van der Waals surface area (Å²) >= 11 is -1.35. The van der Waals surface area contributed by atoms with Gasteiger partial charge in [0.2, 0.25) is 6.79 Å². The molecular formula is C33H34N4O5S. The smallest absolute Gasteiger partial charge is 0.270 e. The molecule has 6 rings (SSSR count). The summed E-state index contributed by atoms with van der Waals surface area (Å²) in [5.74, 6) is 1.02. The number of nitrogens with zero attached hydrogens (tertiary/aromatic N) is 3. The fraction of sp³-hybridized carbons (Fsp3) is 0.303. The van der Waals surface area contributed by atoms with Crippen molar-refractivity contribution in [3.63, 3.8) is 0 Å². The molecule has 1 amide bonds. The summed E-state index contributed by atoms with van der Waals surface area (Å²) < 4.78 is 26.0. The first-order valence-corrected chi connectivity index (χ1v) is 15.3. The fourth-order valence-electron chi connectivity index (χ4n) is 5.51. The van der Waals surface area contributed by atoms with Gasteiger partial charge < -0.3 is 24.4 Å². The molecule has 0 bridgehead atoms. The number of fused-ring (bicyclic) bond motifs is 2.